The van der Waals surface area contributed by atoms with Gasteiger partial charge in [-0.2, -0.15) is 5.10 Å². The van der Waals surface area contributed by atoms with E-state index in [9.17, 15) is 0 Å². The van der Waals surface area contributed by atoms with Crippen LogP contribution in [0.25, 0.3) is 0 Å². The van der Waals surface area contributed by atoms with Crippen molar-refractivity contribution in [1.82, 2.24) is 15.1 Å². The number of methoxy groups -OCH3 is 1. The van der Waals surface area contributed by atoms with E-state index < -0.39 is 0 Å². The lowest BCUT2D eigenvalue weighted by atomic mass is 10.1. The molecule has 1 N–H and O–H groups in total. The average molecular weight is 269 g/mol. The highest BCUT2D eigenvalue weighted by Gasteiger charge is 2.12. The van der Waals surface area contributed by atoms with Gasteiger partial charge in [0, 0.05) is 32.3 Å². The van der Waals surface area contributed by atoms with Crippen LogP contribution in [0.2, 0.25) is 0 Å². The van der Waals surface area contributed by atoms with E-state index >= 15 is 0 Å². The Morgan fingerprint density at radius 3 is 2.79 bits per heavy atom. The fraction of sp³-hybridized carbons (Fsp3) is 0.786. The number of rotatable bonds is 10. The van der Waals surface area contributed by atoms with Gasteiger partial charge >= 0.3 is 0 Å². The number of hydrogen-bond donors (Lipinski definition) is 1. The molecule has 0 radical (unpaired) electrons. The fourth-order valence-electron chi connectivity index (χ4n) is 2.01. The molecule has 0 spiro atoms. The summed E-state index contributed by atoms with van der Waals surface area (Å²) in [5, 5.41) is 7.91. The van der Waals surface area contributed by atoms with Gasteiger partial charge in [0.15, 0.2) is 0 Å². The maximum atomic E-state index is 5.63. The van der Waals surface area contributed by atoms with Crippen molar-refractivity contribution in [3.8, 4) is 0 Å². The smallest absolute Gasteiger partial charge is 0.0701 e. The van der Waals surface area contributed by atoms with Gasteiger partial charge in [-0.25, -0.2) is 0 Å². The lowest BCUT2D eigenvalue weighted by molar-refractivity contribution is 0.0585. The third kappa shape index (κ3) is 6.18. The summed E-state index contributed by atoms with van der Waals surface area (Å²) < 4.78 is 12.6. The number of ether oxygens (including phenoxy) is 2. The Bertz CT molecular complexity index is 352. The molecule has 0 aliphatic carbocycles. The maximum absolute atomic E-state index is 5.63. The molecule has 0 aromatic carbocycles. The Hall–Kier alpha value is -0.910. The molecule has 0 amide bonds. The van der Waals surface area contributed by atoms with Gasteiger partial charge < -0.3 is 14.8 Å². The molecule has 0 fully saturated rings. The quantitative estimate of drug-likeness (QED) is 0.651. The van der Waals surface area contributed by atoms with Gasteiger partial charge in [0.2, 0.25) is 0 Å². The van der Waals surface area contributed by atoms with Crippen molar-refractivity contribution in [2.45, 2.75) is 32.7 Å². The van der Waals surface area contributed by atoms with Crippen LogP contribution in [0.15, 0.2) is 6.07 Å². The van der Waals surface area contributed by atoms with E-state index in [4.69, 9.17) is 9.47 Å². The van der Waals surface area contributed by atoms with E-state index in [0.29, 0.717) is 25.9 Å². The first-order chi connectivity index (χ1) is 9.17. The first-order valence-corrected chi connectivity index (χ1v) is 6.97. The van der Waals surface area contributed by atoms with E-state index in [0.717, 1.165) is 25.1 Å². The summed E-state index contributed by atoms with van der Waals surface area (Å²) in [6.45, 7) is 7.19. The van der Waals surface area contributed by atoms with Crippen LogP contribution < -0.4 is 5.32 Å². The summed E-state index contributed by atoms with van der Waals surface area (Å²) in [4.78, 5) is 0. The van der Waals surface area contributed by atoms with E-state index in [2.05, 4.69) is 23.4 Å². The lowest BCUT2D eigenvalue weighted by Crippen LogP contribution is -2.36. The van der Waals surface area contributed by atoms with E-state index in [-0.39, 0.29) is 0 Å². The van der Waals surface area contributed by atoms with Crippen molar-refractivity contribution >= 4 is 0 Å². The molecule has 1 aromatic rings. The molecule has 0 saturated carbocycles. The molecule has 19 heavy (non-hydrogen) atoms. The topological polar surface area (TPSA) is 48.3 Å². The van der Waals surface area contributed by atoms with Crippen LogP contribution >= 0.6 is 0 Å². The molecule has 1 rings (SSSR count). The van der Waals surface area contributed by atoms with Crippen LogP contribution in [0.4, 0.5) is 0 Å². The van der Waals surface area contributed by atoms with Gasteiger partial charge in [0.1, 0.15) is 0 Å². The number of hydrogen-bond acceptors (Lipinski definition) is 4. The molecule has 1 aromatic heterocycles. The largest absolute Gasteiger partial charge is 0.382 e. The molecule has 110 valence electrons. The van der Waals surface area contributed by atoms with Gasteiger partial charge in [-0.05, 0) is 26.0 Å². The van der Waals surface area contributed by atoms with Crippen molar-refractivity contribution in [1.29, 1.82) is 0 Å². The molecule has 1 heterocycles. The fourth-order valence-corrected chi connectivity index (χ4v) is 2.01. The summed E-state index contributed by atoms with van der Waals surface area (Å²) >= 11 is 0. The summed E-state index contributed by atoms with van der Waals surface area (Å²) in [7, 11) is 3.68. The predicted octanol–water partition coefficient (Wildman–Crippen LogP) is 1.30. The summed E-state index contributed by atoms with van der Waals surface area (Å²) in [5.74, 6) is 0. The normalized spacial score (nSPS) is 12.8. The van der Waals surface area contributed by atoms with E-state index in [1.54, 1.807) is 7.11 Å². The summed E-state index contributed by atoms with van der Waals surface area (Å²) in [6.07, 6.45) is 2.06. The zero-order valence-corrected chi connectivity index (χ0v) is 12.6. The Morgan fingerprint density at radius 1 is 1.42 bits per heavy atom. The molecule has 0 aliphatic heterocycles. The standard InChI is InChI=1S/C14H27N3O2/c1-5-6-15-13(11-19-8-7-18-4)10-14-9-12(2)16-17(14)3/h9,13,15H,5-8,10-11H2,1-4H3. The van der Waals surface area contributed by atoms with Crippen molar-refractivity contribution in [2.24, 2.45) is 7.05 Å². The average Bonchev–Trinajstić information content (AvgIpc) is 2.69. The molecule has 0 saturated heterocycles. The molecule has 1 unspecified atom stereocenters. The monoisotopic (exact) mass is 269 g/mol. The zero-order valence-electron chi connectivity index (χ0n) is 12.6. The van der Waals surface area contributed by atoms with Gasteiger partial charge in [0.25, 0.3) is 0 Å². The first kappa shape index (κ1) is 16.1. The maximum Gasteiger partial charge on any atom is 0.0701 e. The van der Waals surface area contributed by atoms with Crippen LogP contribution in [0, 0.1) is 6.92 Å². The lowest BCUT2D eigenvalue weighted by Gasteiger charge is -2.18. The Kier molecular flexibility index (Phi) is 7.70. The molecule has 5 nitrogen and oxygen atoms in total. The summed E-state index contributed by atoms with van der Waals surface area (Å²) in [5.41, 5.74) is 2.30. The van der Waals surface area contributed by atoms with Gasteiger partial charge in [-0.1, -0.05) is 6.92 Å². The second kappa shape index (κ2) is 9.07. The minimum Gasteiger partial charge on any atom is -0.382 e. The number of aryl methyl sites for hydroxylation is 2. The molecule has 0 aliphatic rings. The Morgan fingerprint density at radius 2 is 2.21 bits per heavy atom. The van der Waals surface area contributed by atoms with Gasteiger partial charge in [-0.15, -0.1) is 0 Å². The van der Waals surface area contributed by atoms with Crippen LogP contribution in [-0.2, 0) is 22.9 Å². The SMILES string of the molecule is CCCNC(COCCOC)Cc1cc(C)nn1C. The third-order valence-corrected chi connectivity index (χ3v) is 2.99. The number of aromatic nitrogens is 2. The highest BCUT2D eigenvalue weighted by molar-refractivity contribution is 5.10. The van der Waals surface area contributed by atoms with Crippen molar-refractivity contribution < 1.29 is 9.47 Å². The van der Waals surface area contributed by atoms with E-state index in [1.807, 2.05) is 18.7 Å². The van der Waals surface area contributed by atoms with Crippen molar-refractivity contribution in [3.05, 3.63) is 17.5 Å². The van der Waals surface area contributed by atoms with Crippen LogP contribution in [0.1, 0.15) is 24.7 Å². The number of nitrogens with one attached hydrogen (secondary N) is 1. The Balaban J connectivity index is 2.46. The number of nitrogens with zero attached hydrogens (tertiary/aromatic N) is 2. The molecular formula is C14H27N3O2. The van der Waals surface area contributed by atoms with Crippen molar-refractivity contribution in [2.75, 3.05) is 33.5 Å². The predicted molar refractivity (Wildman–Crippen MR) is 76.4 cm³/mol. The van der Waals surface area contributed by atoms with Crippen LogP contribution in [0.5, 0.6) is 0 Å². The van der Waals surface area contributed by atoms with Gasteiger partial charge in [-0.3, -0.25) is 4.68 Å². The second-order valence-electron chi connectivity index (χ2n) is 4.82. The highest BCUT2D eigenvalue weighted by Crippen LogP contribution is 2.06. The van der Waals surface area contributed by atoms with Crippen molar-refractivity contribution in [3.63, 3.8) is 0 Å². The highest BCUT2D eigenvalue weighted by atomic mass is 16.5. The molecule has 0 bridgehead atoms. The first-order valence-electron chi connectivity index (χ1n) is 6.97. The zero-order chi connectivity index (χ0) is 14.1. The van der Waals surface area contributed by atoms with Crippen LogP contribution in [-0.4, -0.2) is 49.3 Å². The molecule has 1 atom stereocenters. The van der Waals surface area contributed by atoms with Crippen LogP contribution in [0.3, 0.4) is 0 Å². The molecule has 5 heteroatoms. The van der Waals surface area contributed by atoms with Gasteiger partial charge in [0.05, 0.1) is 25.5 Å². The Labute approximate surface area is 116 Å². The summed E-state index contributed by atoms with van der Waals surface area (Å²) in [6, 6.07) is 2.46. The molecular weight excluding hydrogens is 242 g/mol. The van der Waals surface area contributed by atoms with E-state index in [1.165, 1.54) is 5.69 Å². The minimum atomic E-state index is 0.326. The minimum absolute atomic E-state index is 0.326. The second-order valence-corrected chi connectivity index (χ2v) is 4.82. The third-order valence-electron chi connectivity index (χ3n) is 2.99.